The van der Waals surface area contributed by atoms with E-state index in [0.717, 1.165) is 0 Å². The van der Waals surface area contributed by atoms with Gasteiger partial charge in [-0.15, -0.1) is 0 Å². The number of sulfonamides is 1. The highest BCUT2D eigenvalue weighted by atomic mass is 79.9. The van der Waals surface area contributed by atoms with Gasteiger partial charge in [0.1, 0.15) is 11.4 Å². The molecule has 6 nitrogen and oxygen atoms in total. The van der Waals surface area contributed by atoms with Crippen molar-refractivity contribution in [2.45, 2.75) is 13.1 Å². The van der Waals surface area contributed by atoms with Gasteiger partial charge in [0.25, 0.3) is 0 Å². The van der Waals surface area contributed by atoms with Gasteiger partial charge >= 0.3 is 6.18 Å². The van der Waals surface area contributed by atoms with Crippen LogP contribution in [0.15, 0.2) is 59.2 Å². The maximum Gasteiger partial charge on any atom is 0.404 e. The molecule has 0 unspecified atom stereocenters. The third-order valence-electron chi connectivity index (χ3n) is 4.67. The van der Waals surface area contributed by atoms with Crippen LogP contribution in [0.1, 0.15) is 5.69 Å². The number of anilines is 1. The number of hydrogen-bond donors (Lipinski definition) is 2. The molecule has 0 bridgehead atoms. The maximum absolute atomic E-state index is 14.4. The second-order valence-electron chi connectivity index (χ2n) is 7.42. The minimum Gasteiger partial charge on any atom is -0.454 e. The summed E-state index contributed by atoms with van der Waals surface area (Å²) in [7, 11) is -4.71. The number of rotatable bonds is 6. The summed E-state index contributed by atoms with van der Waals surface area (Å²) in [5.41, 5.74) is 1.94. The van der Waals surface area contributed by atoms with Crippen molar-refractivity contribution < 1.29 is 30.7 Å². The van der Waals surface area contributed by atoms with Crippen LogP contribution >= 0.6 is 15.9 Å². The van der Waals surface area contributed by atoms with E-state index in [2.05, 4.69) is 25.9 Å². The number of aryl methyl sites for hydroxylation is 1. The highest BCUT2D eigenvalue weighted by Crippen LogP contribution is 2.40. The fraction of sp³-hybridized carbons (Fsp3) is 0.136. The number of aromatic amines is 1. The lowest BCUT2D eigenvalue weighted by Gasteiger charge is -2.16. The lowest BCUT2D eigenvalue weighted by Crippen LogP contribution is -2.27. The zero-order valence-electron chi connectivity index (χ0n) is 17.4. The average Bonchev–Trinajstić information content (AvgIpc) is 3.16. The number of H-pyrrole nitrogens is 1. The van der Waals surface area contributed by atoms with Crippen molar-refractivity contribution in [2.24, 2.45) is 0 Å². The first-order valence-corrected chi connectivity index (χ1v) is 12.1. The molecule has 2 N–H and O–H groups in total. The Kier molecular flexibility index (Phi) is 6.30. The highest BCUT2D eigenvalue weighted by molar-refractivity contribution is 9.10. The van der Waals surface area contributed by atoms with Crippen LogP contribution in [0, 0.1) is 12.7 Å². The first kappa shape index (κ1) is 24.0. The summed E-state index contributed by atoms with van der Waals surface area (Å²) in [5.74, 6) is -2.61. The van der Waals surface area contributed by atoms with Gasteiger partial charge in [0, 0.05) is 33.0 Å². The zero-order valence-corrected chi connectivity index (χ0v) is 19.8. The molecule has 2 aromatic carbocycles. The standard InChI is InChI=1S/C22H16BrF4N3O3S/c1-12-8-16(15-6-7-28-21(15)29-12)17-10-14(30-34(31,32)11-22(25,26)27)3-5-19(17)33-20-4-2-13(23)9-18(20)24/h2-10,30H,11H2,1H3,(H,28,29). The molecule has 4 rings (SSSR count). The van der Waals surface area contributed by atoms with Gasteiger partial charge in [-0.1, -0.05) is 15.9 Å². The molecule has 0 radical (unpaired) electrons. The summed E-state index contributed by atoms with van der Waals surface area (Å²) in [5, 5.41) is 0.655. The van der Waals surface area contributed by atoms with Crippen LogP contribution in [0.2, 0.25) is 0 Å². The molecule has 0 aliphatic rings. The van der Waals surface area contributed by atoms with Gasteiger partial charge in [0.05, 0.1) is 0 Å². The largest absolute Gasteiger partial charge is 0.454 e. The molecule has 2 heterocycles. The molecular weight excluding hydrogens is 542 g/mol. The van der Waals surface area contributed by atoms with Crippen LogP contribution < -0.4 is 9.46 Å². The fourth-order valence-corrected chi connectivity index (χ4v) is 4.71. The summed E-state index contributed by atoms with van der Waals surface area (Å²) < 4.78 is 84.7. The fourth-order valence-electron chi connectivity index (χ4n) is 3.39. The molecule has 0 saturated heterocycles. The minimum atomic E-state index is -4.91. The Labute approximate surface area is 200 Å². The van der Waals surface area contributed by atoms with E-state index in [4.69, 9.17) is 4.74 Å². The highest BCUT2D eigenvalue weighted by Gasteiger charge is 2.35. The van der Waals surface area contributed by atoms with Gasteiger partial charge in [0.15, 0.2) is 17.3 Å². The van der Waals surface area contributed by atoms with Crippen molar-refractivity contribution in [1.82, 2.24) is 9.97 Å². The molecule has 178 valence electrons. The molecule has 4 aromatic rings. The van der Waals surface area contributed by atoms with Crippen molar-refractivity contribution in [2.75, 3.05) is 10.5 Å². The average molecular weight is 558 g/mol. The van der Waals surface area contributed by atoms with Gasteiger partial charge in [-0.05, 0) is 61.0 Å². The molecule has 2 aromatic heterocycles. The molecule has 12 heteroatoms. The summed E-state index contributed by atoms with van der Waals surface area (Å²) in [6.45, 7) is 1.74. The molecule has 0 aliphatic carbocycles. The smallest absolute Gasteiger partial charge is 0.404 e. The first-order valence-electron chi connectivity index (χ1n) is 9.69. The molecule has 0 aliphatic heterocycles. The topological polar surface area (TPSA) is 84.1 Å². The predicted octanol–water partition coefficient (Wildman–Crippen LogP) is 6.54. The number of hydrogen-bond acceptors (Lipinski definition) is 4. The molecule has 0 atom stereocenters. The van der Waals surface area contributed by atoms with Crippen molar-refractivity contribution in [3.63, 3.8) is 0 Å². The number of ether oxygens (including phenoxy) is 1. The van der Waals surface area contributed by atoms with Crippen LogP contribution in [-0.2, 0) is 10.0 Å². The lowest BCUT2D eigenvalue weighted by atomic mass is 10.0. The third-order valence-corrected chi connectivity index (χ3v) is 6.41. The Bertz CT molecular complexity index is 1490. The second-order valence-corrected chi connectivity index (χ2v) is 10.1. The van der Waals surface area contributed by atoms with Gasteiger partial charge in [-0.2, -0.15) is 13.2 Å². The Morgan fingerprint density at radius 1 is 1.06 bits per heavy atom. The summed E-state index contributed by atoms with van der Waals surface area (Å²) in [4.78, 5) is 7.36. The van der Waals surface area contributed by atoms with Gasteiger partial charge in [-0.25, -0.2) is 17.8 Å². The molecule has 0 spiro atoms. The number of alkyl halides is 3. The third kappa shape index (κ3) is 5.50. The summed E-state index contributed by atoms with van der Waals surface area (Å²) >= 11 is 3.17. The SMILES string of the molecule is Cc1cc(-c2cc(NS(=O)(=O)CC(F)(F)F)ccc2Oc2ccc(Br)cc2F)c2cc[nH]c2n1. The van der Waals surface area contributed by atoms with E-state index in [1.807, 2.05) is 4.72 Å². The number of fused-ring (bicyclic) bond motifs is 1. The summed E-state index contributed by atoms with van der Waals surface area (Å²) in [6.07, 6.45) is -3.25. The molecule has 0 amide bonds. The van der Waals surface area contributed by atoms with E-state index >= 15 is 0 Å². The van der Waals surface area contributed by atoms with E-state index in [0.29, 0.717) is 32.3 Å². The van der Waals surface area contributed by atoms with Crippen LogP contribution in [-0.4, -0.2) is 30.3 Å². The maximum atomic E-state index is 14.4. The number of pyridine rings is 1. The summed E-state index contributed by atoms with van der Waals surface area (Å²) in [6, 6.07) is 11.6. The van der Waals surface area contributed by atoms with E-state index in [-0.39, 0.29) is 17.2 Å². The van der Waals surface area contributed by atoms with Crippen LogP contribution in [0.4, 0.5) is 23.2 Å². The first-order chi connectivity index (χ1) is 15.9. The van der Waals surface area contributed by atoms with E-state index < -0.39 is 27.8 Å². The Hall–Kier alpha value is -3.12. The lowest BCUT2D eigenvalue weighted by molar-refractivity contribution is -0.106. The van der Waals surface area contributed by atoms with E-state index in [1.54, 1.807) is 31.3 Å². The van der Waals surface area contributed by atoms with Gasteiger partial charge < -0.3 is 9.72 Å². The Morgan fingerprint density at radius 2 is 1.79 bits per heavy atom. The van der Waals surface area contributed by atoms with Gasteiger partial charge in [-0.3, -0.25) is 4.72 Å². The molecule has 34 heavy (non-hydrogen) atoms. The van der Waals surface area contributed by atoms with E-state index in [1.165, 1.54) is 30.3 Å². The van der Waals surface area contributed by atoms with Crippen LogP contribution in [0.25, 0.3) is 22.2 Å². The normalized spacial score (nSPS) is 12.2. The number of nitrogens with one attached hydrogen (secondary N) is 2. The monoisotopic (exact) mass is 557 g/mol. The Balaban J connectivity index is 1.84. The van der Waals surface area contributed by atoms with Crippen LogP contribution in [0.3, 0.4) is 0 Å². The number of benzene rings is 2. The zero-order chi connectivity index (χ0) is 24.7. The minimum absolute atomic E-state index is 0.0917. The number of nitrogens with zero attached hydrogens (tertiary/aromatic N) is 1. The number of aromatic nitrogens is 2. The van der Waals surface area contributed by atoms with Crippen molar-refractivity contribution in [1.29, 1.82) is 0 Å². The van der Waals surface area contributed by atoms with E-state index in [9.17, 15) is 26.0 Å². The molecular formula is C22H16BrF4N3O3S. The molecule has 0 fully saturated rings. The van der Waals surface area contributed by atoms with Crippen LogP contribution in [0.5, 0.6) is 11.5 Å². The van der Waals surface area contributed by atoms with Gasteiger partial charge in [0.2, 0.25) is 10.0 Å². The Morgan fingerprint density at radius 3 is 2.50 bits per heavy atom. The quantitative estimate of drug-likeness (QED) is 0.264. The number of halogens is 5. The second kappa shape index (κ2) is 8.91. The molecule has 0 saturated carbocycles. The van der Waals surface area contributed by atoms with Crippen molar-refractivity contribution >= 4 is 42.7 Å². The predicted molar refractivity (Wildman–Crippen MR) is 124 cm³/mol. The van der Waals surface area contributed by atoms with Crippen molar-refractivity contribution in [3.8, 4) is 22.6 Å². The van der Waals surface area contributed by atoms with Crippen molar-refractivity contribution in [3.05, 3.63) is 70.7 Å².